The summed E-state index contributed by atoms with van der Waals surface area (Å²) < 4.78 is 1.08. The summed E-state index contributed by atoms with van der Waals surface area (Å²) in [5.74, 6) is 0. The third-order valence-electron chi connectivity index (χ3n) is 3.93. The maximum Gasteiger partial charge on any atom is 0.269 e. The van der Waals surface area contributed by atoms with Gasteiger partial charge in [0.1, 0.15) is 0 Å². The van der Waals surface area contributed by atoms with Crippen molar-refractivity contribution in [3.63, 3.8) is 0 Å². The summed E-state index contributed by atoms with van der Waals surface area (Å²) in [6, 6.07) is 15.8. The molecule has 21 heavy (non-hydrogen) atoms. The average molecular weight is 347 g/mol. The van der Waals surface area contributed by atoms with Crippen LogP contribution in [0.2, 0.25) is 0 Å². The third-order valence-corrected chi connectivity index (χ3v) is 4.45. The first-order chi connectivity index (χ1) is 10.1. The molecule has 2 unspecified atom stereocenters. The van der Waals surface area contributed by atoms with Crippen molar-refractivity contribution < 1.29 is 4.92 Å². The van der Waals surface area contributed by atoms with Crippen LogP contribution in [0, 0.1) is 10.1 Å². The van der Waals surface area contributed by atoms with Crippen LogP contribution in [0.1, 0.15) is 36.1 Å². The fraction of sp³-hybridized carbons (Fsp3) is 0.250. The lowest BCUT2D eigenvalue weighted by molar-refractivity contribution is -0.384. The van der Waals surface area contributed by atoms with Crippen molar-refractivity contribution in [2.75, 3.05) is 0 Å². The lowest BCUT2D eigenvalue weighted by atomic mass is 10.0. The minimum absolute atomic E-state index is 0.140. The minimum Gasteiger partial charge on any atom is -0.303 e. The first-order valence-electron chi connectivity index (χ1n) is 6.89. The molecular formula is C16H15BrN2O2. The molecule has 2 aromatic carbocycles. The van der Waals surface area contributed by atoms with Crippen molar-refractivity contribution in [1.29, 1.82) is 0 Å². The zero-order valence-electron chi connectivity index (χ0n) is 11.3. The molecule has 1 heterocycles. The number of nitrogens with zero attached hydrogens (tertiary/aromatic N) is 1. The second kappa shape index (κ2) is 5.95. The van der Waals surface area contributed by atoms with E-state index in [1.54, 1.807) is 12.1 Å². The number of halogens is 1. The molecule has 0 bridgehead atoms. The van der Waals surface area contributed by atoms with Gasteiger partial charge in [0, 0.05) is 28.7 Å². The van der Waals surface area contributed by atoms with Gasteiger partial charge in [0.15, 0.2) is 0 Å². The molecule has 0 radical (unpaired) electrons. The van der Waals surface area contributed by atoms with E-state index in [4.69, 9.17) is 0 Å². The van der Waals surface area contributed by atoms with Gasteiger partial charge < -0.3 is 5.32 Å². The Morgan fingerprint density at radius 1 is 0.952 bits per heavy atom. The maximum absolute atomic E-state index is 10.7. The van der Waals surface area contributed by atoms with Gasteiger partial charge in [-0.3, -0.25) is 10.1 Å². The minimum atomic E-state index is -0.365. The number of non-ortho nitro benzene ring substituents is 1. The first kappa shape index (κ1) is 14.2. The maximum atomic E-state index is 10.7. The zero-order chi connectivity index (χ0) is 14.8. The Hall–Kier alpha value is -1.72. The number of nitro groups is 1. The number of nitrogens with one attached hydrogen (secondary N) is 1. The van der Waals surface area contributed by atoms with E-state index in [9.17, 15) is 10.1 Å². The molecule has 5 heteroatoms. The fourth-order valence-corrected chi connectivity index (χ4v) is 3.06. The first-order valence-corrected chi connectivity index (χ1v) is 7.68. The van der Waals surface area contributed by atoms with Gasteiger partial charge in [0.25, 0.3) is 5.69 Å². The molecule has 2 aromatic rings. The summed E-state index contributed by atoms with van der Waals surface area (Å²) in [7, 11) is 0. The summed E-state index contributed by atoms with van der Waals surface area (Å²) in [6.45, 7) is 0. The molecule has 0 aliphatic carbocycles. The highest BCUT2D eigenvalue weighted by atomic mass is 79.9. The van der Waals surface area contributed by atoms with Gasteiger partial charge in [0.05, 0.1) is 4.92 Å². The number of nitro benzene ring substituents is 1. The van der Waals surface area contributed by atoms with Crippen LogP contribution in [-0.4, -0.2) is 4.92 Å². The van der Waals surface area contributed by atoms with E-state index in [2.05, 4.69) is 45.5 Å². The molecule has 1 fully saturated rings. The summed E-state index contributed by atoms with van der Waals surface area (Å²) in [4.78, 5) is 10.3. The molecule has 1 aliphatic heterocycles. The normalized spacial score (nSPS) is 21.4. The van der Waals surface area contributed by atoms with E-state index in [1.807, 2.05) is 12.1 Å². The van der Waals surface area contributed by atoms with Gasteiger partial charge >= 0.3 is 0 Å². The van der Waals surface area contributed by atoms with E-state index in [0.717, 1.165) is 22.9 Å². The van der Waals surface area contributed by atoms with Crippen LogP contribution in [0.15, 0.2) is 53.0 Å². The number of benzene rings is 2. The van der Waals surface area contributed by atoms with E-state index < -0.39 is 0 Å². The number of hydrogen-bond donors (Lipinski definition) is 1. The average Bonchev–Trinajstić information content (AvgIpc) is 2.98. The van der Waals surface area contributed by atoms with E-state index in [-0.39, 0.29) is 16.7 Å². The highest BCUT2D eigenvalue weighted by Gasteiger charge is 2.26. The zero-order valence-corrected chi connectivity index (χ0v) is 12.9. The SMILES string of the molecule is O=[N+]([O-])c1ccc(C2CCC(c3ccc(Br)cc3)N2)cc1. The van der Waals surface area contributed by atoms with Crippen molar-refractivity contribution >= 4 is 21.6 Å². The largest absolute Gasteiger partial charge is 0.303 e. The summed E-state index contributed by atoms with van der Waals surface area (Å²) in [5, 5.41) is 14.3. The van der Waals surface area contributed by atoms with Crippen molar-refractivity contribution in [2.45, 2.75) is 24.9 Å². The van der Waals surface area contributed by atoms with Crippen LogP contribution in [0.3, 0.4) is 0 Å². The van der Waals surface area contributed by atoms with Gasteiger partial charge in [-0.2, -0.15) is 0 Å². The Kier molecular flexibility index (Phi) is 4.03. The molecule has 108 valence electrons. The summed E-state index contributed by atoms with van der Waals surface area (Å²) >= 11 is 3.45. The van der Waals surface area contributed by atoms with Gasteiger partial charge in [-0.15, -0.1) is 0 Å². The molecule has 1 saturated heterocycles. The molecule has 2 atom stereocenters. The standard InChI is InChI=1S/C16H15BrN2O2/c17-13-5-1-11(2-6-13)15-9-10-16(18-15)12-3-7-14(8-4-12)19(20)21/h1-8,15-16,18H,9-10H2. The lowest BCUT2D eigenvalue weighted by Crippen LogP contribution is -2.17. The Morgan fingerprint density at radius 3 is 1.90 bits per heavy atom. The Morgan fingerprint density at radius 2 is 1.43 bits per heavy atom. The Labute approximate surface area is 131 Å². The van der Waals surface area contributed by atoms with Crippen LogP contribution in [-0.2, 0) is 0 Å². The van der Waals surface area contributed by atoms with E-state index in [0.29, 0.717) is 6.04 Å². The molecular weight excluding hydrogens is 332 g/mol. The summed E-state index contributed by atoms with van der Waals surface area (Å²) in [6.07, 6.45) is 2.11. The third kappa shape index (κ3) is 3.14. The molecule has 1 aliphatic rings. The number of hydrogen-bond acceptors (Lipinski definition) is 3. The summed E-state index contributed by atoms with van der Waals surface area (Å²) in [5.41, 5.74) is 2.53. The van der Waals surface area contributed by atoms with Crippen molar-refractivity contribution in [2.24, 2.45) is 0 Å². The van der Waals surface area contributed by atoms with Crippen LogP contribution < -0.4 is 5.32 Å². The smallest absolute Gasteiger partial charge is 0.269 e. The molecule has 0 saturated carbocycles. The van der Waals surface area contributed by atoms with Crippen molar-refractivity contribution in [3.05, 3.63) is 74.2 Å². The molecule has 1 N–H and O–H groups in total. The van der Waals surface area contributed by atoms with Crippen LogP contribution in [0.25, 0.3) is 0 Å². The van der Waals surface area contributed by atoms with Crippen LogP contribution >= 0.6 is 15.9 Å². The number of rotatable bonds is 3. The van der Waals surface area contributed by atoms with Gasteiger partial charge in [0.2, 0.25) is 0 Å². The van der Waals surface area contributed by atoms with E-state index >= 15 is 0 Å². The van der Waals surface area contributed by atoms with Crippen molar-refractivity contribution in [1.82, 2.24) is 5.32 Å². The van der Waals surface area contributed by atoms with Gasteiger partial charge in [-0.25, -0.2) is 0 Å². The molecule has 4 nitrogen and oxygen atoms in total. The van der Waals surface area contributed by atoms with E-state index in [1.165, 1.54) is 5.56 Å². The molecule has 3 rings (SSSR count). The fourth-order valence-electron chi connectivity index (χ4n) is 2.79. The second-order valence-corrected chi connectivity index (χ2v) is 6.17. The monoisotopic (exact) mass is 346 g/mol. The van der Waals surface area contributed by atoms with Crippen LogP contribution in [0.4, 0.5) is 5.69 Å². The highest BCUT2D eigenvalue weighted by molar-refractivity contribution is 9.10. The molecule has 0 aromatic heterocycles. The molecule has 0 amide bonds. The molecule has 0 spiro atoms. The second-order valence-electron chi connectivity index (χ2n) is 5.25. The Bertz CT molecular complexity index is 640. The Balaban J connectivity index is 1.71. The van der Waals surface area contributed by atoms with Gasteiger partial charge in [-0.1, -0.05) is 40.2 Å². The lowest BCUT2D eigenvalue weighted by Gasteiger charge is -2.15. The quantitative estimate of drug-likeness (QED) is 0.656. The highest BCUT2D eigenvalue weighted by Crippen LogP contribution is 2.35. The topological polar surface area (TPSA) is 55.2 Å². The van der Waals surface area contributed by atoms with Crippen LogP contribution in [0.5, 0.6) is 0 Å². The van der Waals surface area contributed by atoms with Gasteiger partial charge in [-0.05, 0) is 36.1 Å². The predicted molar refractivity (Wildman–Crippen MR) is 85.1 cm³/mol. The van der Waals surface area contributed by atoms with Crippen molar-refractivity contribution in [3.8, 4) is 0 Å². The predicted octanol–water partition coefficient (Wildman–Crippen LogP) is 4.52.